The molecule has 9 heteroatoms. The monoisotopic (exact) mass is 295 g/mol. The van der Waals surface area contributed by atoms with Crippen LogP contribution < -0.4 is 21.8 Å². The third-order valence-corrected chi connectivity index (χ3v) is 2.70. The molecule has 0 bridgehead atoms. The summed E-state index contributed by atoms with van der Waals surface area (Å²) in [6.45, 7) is 1.80. The van der Waals surface area contributed by atoms with E-state index >= 15 is 0 Å². The molecule has 6 N–H and O–H groups in total. The van der Waals surface area contributed by atoms with E-state index in [1.54, 1.807) is 11.6 Å². The van der Waals surface area contributed by atoms with Gasteiger partial charge >= 0.3 is 0 Å². The van der Waals surface area contributed by atoms with Gasteiger partial charge in [-0.25, -0.2) is 10.1 Å². The van der Waals surface area contributed by atoms with Crippen molar-refractivity contribution >= 4 is 5.96 Å². The third kappa shape index (κ3) is 8.50. The summed E-state index contributed by atoms with van der Waals surface area (Å²) in [5.41, 5.74) is 8.64. The molecule has 1 aromatic heterocycles. The van der Waals surface area contributed by atoms with Crippen LogP contribution in [0.15, 0.2) is 24.4 Å². The van der Waals surface area contributed by atoms with E-state index in [9.17, 15) is 10.1 Å². The highest BCUT2D eigenvalue weighted by molar-refractivity contribution is 5.74. The minimum absolute atomic E-state index is 0.00632. The number of hydrazine groups is 1. The zero-order chi connectivity index (χ0) is 15.5. The van der Waals surface area contributed by atoms with Crippen molar-refractivity contribution in [3.05, 3.63) is 40.2 Å². The number of hydrogen-bond acceptors (Lipinski definition) is 6. The predicted molar refractivity (Wildman–Crippen MR) is 79.0 cm³/mol. The summed E-state index contributed by atoms with van der Waals surface area (Å²) in [7, 11) is 0. The van der Waals surface area contributed by atoms with Gasteiger partial charge in [-0.15, -0.1) is 0 Å². The van der Waals surface area contributed by atoms with E-state index in [1.807, 2.05) is 18.2 Å². The minimum Gasteiger partial charge on any atom is -0.352 e. The zero-order valence-corrected chi connectivity index (χ0v) is 11.7. The van der Waals surface area contributed by atoms with Gasteiger partial charge in [-0.05, 0) is 25.0 Å². The Labute approximate surface area is 123 Å². The molecular formula is C12H21N7O2. The van der Waals surface area contributed by atoms with Gasteiger partial charge in [0.05, 0.1) is 5.69 Å². The standard InChI is InChI=1S/C12H21N7O2/c13-10(4-3-7-17-12(14)18-19(20)21)8-15-9-11-5-1-2-6-16-11/h1-2,5-6,10,15H,3-4,7-9,13H2,(H3,14,17,18)/t10-/m0/s1. The number of guanidine groups is 1. The van der Waals surface area contributed by atoms with Gasteiger partial charge < -0.3 is 16.4 Å². The maximum Gasteiger partial charge on any atom is 0.251 e. The molecule has 0 fully saturated rings. The van der Waals surface area contributed by atoms with E-state index in [1.165, 1.54) is 0 Å². The number of hydrogen-bond donors (Lipinski definition) is 5. The lowest BCUT2D eigenvalue weighted by molar-refractivity contribution is -0.525. The Balaban J connectivity index is 2.02. The second-order valence-corrected chi connectivity index (χ2v) is 4.52. The largest absolute Gasteiger partial charge is 0.352 e. The highest BCUT2D eigenvalue weighted by Crippen LogP contribution is 1.95. The molecule has 116 valence electrons. The molecular weight excluding hydrogens is 274 g/mol. The van der Waals surface area contributed by atoms with Crippen LogP contribution >= 0.6 is 0 Å². The smallest absolute Gasteiger partial charge is 0.251 e. The Kier molecular flexibility index (Phi) is 7.69. The lowest BCUT2D eigenvalue weighted by Crippen LogP contribution is -2.40. The van der Waals surface area contributed by atoms with Crippen molar-refractivity contribution < 1.29 is 5.03 Å². The van der Waals surface area contributed by atoms with Crippen LogP contribution in [-0.4, -0.2) is 35.1 Å². The van der Waals surface area contributed by atoms with Crippen LogP contribution in [0.25, 0.3) is 0 Å². The number of pyridine rings is 1. The summed E-state index contributed by atoms with van der Waals surface area (Å²) >= 11 is 0. The fraction of sp³-hybridized carbons (Fsp3) is 0.500. The van der Waals surface area contributed by atoms with Crippen LogP contribution in [-0.2, 0) is 6.54 Å². The molecule has 21 heavy (non-hydrogen) atoms. The van der Waals surface area contributed by atoms with Crippen molar-refractivity contribution in [3.63, 3.8) is 0 Å². The molecule has 1 aromatic rings. The summed E-state index contributed by atoms with van der Waals surface area (Å²) < 4.78 is 0. The number of nitro groups is 1. The molecule has 0 aliphatic rings. The van der Waals surface area contributed by atoms with Gasteiger partial charge in [0.2, 0.25) is 0 Å². The average molecular weight is 295 g/mol. The molecule has 0 aromatic carbocycles. The van der Waals surface area contributed by atoms with Crippen LogP contribution in [0.5, 0.6) is 0 Å². The maximum atomic E-state index is 10.1. The normalized spacial score (nSPS) is 11.7. The van der Waals surface area contributed by atoms with Crippen LogP contribution in [0.2, 0.25) is 0 Å². The van der Waals surface area contributed by atoms with Crippen molar-refractivity contribution in [2.24, 2.45) is 5.73 Å². The number of aromatic nitrogens is 1. The first kappa shape index (κ1) is 16.8. The van der Waals surface area contributed by atoms with E-state index in [4.69, 9.17) is 11.1 Å². The summed E-state index contributed by atoms with van der Waals surface area (Å²) in [5.74, 6) is -0.318. The number of rotatable bonds is 9. The molecule has 0 saturated carbocycles. The van der Waals surface area contributed by atoms with Crippen molar-refractivity contribution in [3.8, 4) is 0 Å². The van der Waals surface area contributed by atoms with Crippen molar-refractivity contribution in [2.75, 3.05) is 13.1 Å². The van der Waals surface area contributed by atoms with Gasteiger partial charge in [0.25, 0.3) is 5.96 Å². The topological polar surface area (TPSA) is 142 Å². The fourth-order valence-electron chi connectivity index (χ4n) is 1.70. The van der Waals surface area contributed by atoms with Crippen LogP contribution in [0.4, 0.5) is 0 Å². The molecule has 0 saturated heterocycles. The molecule has 1 heterocycles. The first-order valence-electron chi connectivity index (χ1n) is 6.67. The number of nitrogens with two attached hydrogens (primary N) is 1. The predicted octanol–water partition coefficient (Wildman–Crippen LogP) is -0.416. The van der Waals surface area contributed by atoms with Crippen LogP contribution in [0, 0.1) is 15.5 Å². The molecule has 0 spiro atoms. The first-order valence-corrected chi connectivity index (χ1v) is 6.67. The lowest BCUT2D eigenvalue weighted by atomic mass is 10.1. The highest BCUT2D eigenvalue weighted by Gasteiger charge is 2.04. The van der Waals surface area contributed by atoms with E-state index in [0.717, 1.165) is 18.5 Å². The summed E-state index contributed by atoms with van der Waals surface area (Å²) in [5, 5.41) is 22.3. The van der Waals surface area contributed by atoms with Gasteiger partial charge in [0, 0.05) is 31.9 Å². The van der Waals surface area contributed by atoms with E-state index in [0.29, 0.717) is 19.6 Å². The van der Waals surface area contributed by atoms with Gasteiger partial charge in [-0.1, -0.05) is 11.5 Å². The van der Waals surface area contributed by atoms with Crippen molar-refractivity contribution in [1.82, 2.24) is 21.0 Å². The SMILES string of the molecule is N=C(NCCC[C@H](N)CNCc1ccccn1)N[N+](=O)[O-]. The van der Waals surface area contributed by atoms with Gasteiger partial charge in [-0.3, -0.25) is 10.4 Å². The molecule has 0 aliphatic heterocycles. The van der Waals surface area contributed by atoms with Gasteiger partial charge in [0.15, 0.2) is 5.03 Å². The Morgan fingerprint density at radius 1 is 1.52 bits per heavy atom. The number of nitrogens with one attached hydrogen (secondary N) is 4. The van der Waals surface area contributed by atoms with Crippen molar-refractivity contribution in [1.29, 1.82) is 5.41 Å². The molecule has 1 atom stereocenters. The summed E-state index contributed by atoms with van der Waals surface area (Å²) in [4.78, 5) is 14.3. The Morgan fingerprint density at radius 2 is 2.33 bits per heavy atom. The zero-order valence-electron chi connectivity index (χ0n) is 11.7. The molecule has 0 unspecified atom stereocenters. The van der Waals surface area contributed by atoms with E-state index < -0.39 is 5.03 Å². The molecule has 9 nitrogen and oxygen atoms in total. The quantitative estimate of drug-likeness (QED) is 0.137. The van der Waals surface area contributed by atoms with E-state index in [2.05, 4.69) is 15.6 Å². The molecule has 1 rings (SSSR count). The van der Waals surface area contributed by atoms with Crippen LogP contribution in [0.3, 0.4) is 0 Å². The summed E-state index contributed by atoms with van der Waals surface area (Å²) in [6.07, 6.45) is 3.23. The fourth-order valence-corrected chi connectivity index (χ4v) is 1.70. The average Bonchev–Trinajstić information content (AvgIpc) is 2.44. The van der Waals surface area contributed by atoms with Crippen LogP contribution in [0.1, 0.15) is 18.5 Å². The lowest BCUT2D eigenvalue weighted by Gasteiger charge is -2.13. The van der Waals surface area contributed by atoms with E-state index in [-0.39, 0.29) is 12.0 Å². The van der Waals surface area contributed by atoms with Gasteiger partial charge in [-0.2, -0.15) is 0 Å². The Hall–Kier alpha value is -2.26. The van der Waals surface area contributed by atoms with Crippen molar-refractivity contribution in [2.45, 2.75) is 25.4 Å². The second-order valence-electron chi connectivity index (χ2n) is 4.52. The summed E-state index contributed by atoms with van der Waals surface area (Å²) in [6, 6.07) is 5.74. The maximum absolute atomic E-state index is 10.1. The third-order valence-electron chi connectivity index (χ3n) is 2.70. The second kappa shape index (κ2) is 9.61. The first-order chi connectivity index (χ1) is 10.1. The Morgan fingerprint density at radius 3 is 3.00 bits per heavy atom. The molecule has 0 aliphatic carbocycles. The number of nitrogens with zero attached hydrogens (tertiary/aromatic N) is 2. The molecule has 0 amide bonds. The molecule has 0 radical (unpaired) electrons. The minimum atomic E-state index is -0.775. The van der Waals surface area contributed by atoms with Gasteiger partial charge in [0.1, 0.15) is 0 Å². The Bertz CT molecular complexity index is 440. The highest BCUT2D eigenvalue weighted by atomic mass is 16.7.